The second kappa shape index (κ2) is 5.57. The fourth-order valence-corrected chi connectivity index (χ4v) is 2.61. The minimum absolute atomic E-state index is 0.278. The third kappa shape index (κ3) is 2.84. The number of nitrogen functional groups attached to an aromatic ring is 1. The molecule has 0 spiro atoms. The zero-order valence-electron chi connectivity index (χ0n) is 10.5. The van der Waals surface area contributed by atoms with Crippen LogP contribution in [0.15, 0.2) is 49.9 Å². The highest BCUT2D eigenvalue weighted by Gasteiger charge is 2.15. The minimum Gasteiger partial charge on any atom is -0.398 e. The maximum Gasteiger partial charge on any atom is 0.260 e. The van der Waals surface area contributed by atoms with Gasteiger partial charge in [0.25, 0.3) is 5.89 Å². The Kier molecular flexibility index (Phi) is 3.77. The zero-order chi connectivity index (χ0) is 15.0. The van der Waals surface area contributed by atoms with Crippen LogP contribution in [0.2, 0.25) is 0 Å². The van der Waals surface area contributed by atoms with Crippen molar-refractivity contribution in [2.24, 2.45) is 0 Å². The van der Waals surface area contributed by atoms with Gasteiger partial charge in [0.1, 0.15) is 5.82 Å². The largest absolute Gasteiger partial charge is 0.398 e. The van der Waals surface area contributed by atoms with Crippen molar-refractivity contribution >= 4 is 37.5 Å². The third-order valence-corrected chi connectivity index (χ3v) is 4.03. The van der Waals surface area contributed by atoms with Crippen molar-refractivity contribution in [3.05, 3.63) is 51.2 Å². The maximum absolute atomic E-state index is 13.3. The first-order chi connectivity index (χ1) is 10.0. The molecule has 4 nitrogen and oxygen atoms in total. The number of benzene rings is 2. The van der Waals surface area contributed by atoms with Gasteiger partial charge in [0.15, 0.2) is 0 Å². The normalized spacial score (nSPS) is 10.8. The van der Waals surface area contributed by atoms with Crippen LogP contribution in [0.4, 0.5) is 10.1 Å². The number of anilines is 1. The summed E-state index contributed by atoms with van der Waals surface area (Å²) in [4.78, 5) is 4.28. The Balaban J connectivity index is 2.08. The van der Waals surface area contributed by atoms with E-state index in [-0.39, 0.29) is 17.5 Å². The zero-order valence-corrected chi connectivity index (χ0v) is 13.7. The lowest BCUT2D eigenvalue weighted by Crippen LogP contribution is -1.90. The van der Waals surface area contributed by atoms with E-state index >= 15 is 0 Å². The number of hydrogen-bond donors (Lipinski definition) is 1. The molecule has 0 atom stereocenters. The molecule has 0 saturated carbocycles. The first-order valence-electron chi connectivity index (χ1n) is 5.89. The van der Waals surface area contributed by atoms with Crippen molar-refractivity contribution in [2.75, 3.05) is 5.73 Å². The highest BCUT2D eigenvalue weighted by molar-refractivity contribution is 9.10. The molecule has 0 aliphatic rings. The molecule has 0 aliphatic heterocycles. The molecule has 0 amide bonds. The van der Waals surface area contributed by atoms with E-state index < -0.39 is 0 Å². The van der Waals surface area contributed by atoms with Crippen LogP contribution in [0.1, 0.15) is 0 Å². The molecule has 0 unspecified atom stereocenters. The average molecular weight is 413 g/mol. The number of halogens is 3. The molecule has 1 aromatic heterocycles. The summed E-state index contributed by atoms with van der Waals surface area (Å²) in [5, 5.41) is 3.88. The predicted molar refractivity (Wildman–Crippen MR) is 84.9 cm³/mol. The summed E-state index contributed by atoms with van der Waals surface area (Å²) in [6, 6.07) is 9.62. The molecule has 7 heteroatoms. The summed E-state index contributed by atoms with van der Waals surface area (Å²) in [5.41, 5.74) is 7.56. The Bertz CT molecular complexity index is 754. The van der Waals surface area contributed by atoms with Crippen molar-refractivity contribution in [3.63, 3.8) is 0 Å². The van der Waals surface area contributed by atoms with Crippen LogP contribution in [0.25, 0.3) is 22.8 Å². The highest BCUT2D eigenvalue weighted by atomic mass is 79.9. The summed E-state index contributed by atoms with van der Waals surface area (Å²) < 4.78 is 20.1. The summed E-state index contributed by atoms with van der Waals surface area (Å²) in [7, 11) is 0. The van der Waals surface area contributed by atoms with E-state index in [1.165, 1.54) is 12.1 Å². The highest BCUT2D eigenvalue weighted by Crippen LogP contribution is 2.31. The smallest absolute Gasteiger partial charge is 0.260 e. The van der Waals surface area contributed by atoms with Gasteiger partial charge >= 0.3 is 0 Å². The van der Waals surface area contributed by atoms with E-state index in [4.69, 9.17) is 10.3 Å². The Morgan fingerprint density at radius 2 is 1.86 bits per heavy atom. The topological polar surface area (TPSA) is 64.9 Å². The lowest BCUT2D eigenvalue weighted by Gasteiger charge is -2.00. The van der Waals surface area contributed by atoms with Gasteiger partial charge in [-0.1, -0.05) is 37.0 Å². The summed E-state index contributed by atoms with van der Waals surface area (Å²) in [5.74, 6) is 0.192. The molecule has 3 rings (SSSR count). The Morgan fingerprint density at radius 3 is 2.67 bits per heavy atom. The van der Waals surface area contributed by atoms with Crippen molar-refractivity contribution in [1.29, 1.82) is 0 Å². The molecule has 2 aromatic carbocycles. The summed E-state index contributed by atoms with van der Waals surface area (Å²) in [6.45, 7) is 0. The van der Waals surface area contributed by atoms with Crippen LogP contribution < -0.4 is 5.73 Å². The molecule has 0 bridgehead atoms. The van der Waals surface area contributed by atoms with Gasteiger partial charge in [-0.2, -0.15) is 4.98 Å². The minimum atomic E-state index is -0.374. The molecule has 1 heterocycles. The molecule has 2 N–H and O–H groups in total. The average Bonchev–Trinajstić information content (AvgIpc) is 2.93. The second-order valence-corrected chi connectivity index (χ2v) is 6.05. The van der Waals surface area contributed by atoms with Gasteiger partial charge in [-0.25, -0.2) is 4.39 Å². The predicted octanol–water partition coefficient (Wildman–Crippen LogP) is 4.65. The van der Waals surface area contributed by atoms with Gasteiger partial charge in [-0.05, 0) is 36.4 Å². The molecule has 106 valence electrons. The number of rotatable bonds is 2. The molecule has 0 radical (unpaired) electrons. The van der Waals surface area contributed by atoms with Crippen LogP contribution in [0, 0.1) is 5.82 Å². The molecular formula is C14H8Br2FN3O. The molecule has 0 fully saturated rings. The van der Waals surface area contributed by atoms with Crippen LogP contribution in [0.5, 0.6) is 0 Å². The van der Waals surface area contributed by atoms with Gasteiger partial charge in [0.2, 0.25) is 5.82 Å². The summed E-state index contributed by atoms with van der Waals surface area (Å²) >= 11 is 6.70. The first kappa shape index (κ1) is 14.2. The monoisotopic (exact) mass is 411 g/mol. The van der Waals surface area contributed by atoms with Crippen LogP contribution in [0.3, 0.4) is 0 Å². The van der Waals surface area contributed by atoms with Crippen molar-refractivity contribution in [3.8, 4) is 22.8 Å². The number of hydrogen-bond acceptors (Lipinski definition) is 4. The van der Waals surface area contributed by atoms with Crippen LogP contribution >= 0.6 is 31.9 Å². The second-order valence-electron chi connectivity index (χ2n) is 4.28. The first-order valence-corrected chi connectivity index (χ1v) is 7.48. The molecule has 0 saturated heterocycles. The van der Waals surface area contributed by atoms with E-state index in [0.29, 0.717) is 21.3 Å². The Hall–Kier alpha value is -1.73. The van der Waals surface area contributed by atoms with Gasteiger partial charge < -0.3 is 10.3 Å². The third-order valence-electron chi connectivity index (χ3n) is 2.84. The SMILES string of the molecule is Nc1ccc(Br)cc1-c1nc(-c2cc(F)ccc2Br)no1. The van der Waals surface area contributed by atoms with Crippen LogP contribution in [-0.4, -0.2) is 10.1 Å². The lowest BCUT2D eigenvalue weighted by molar-refractivity contribution is 0.432. The Labute approximate surface area is 136 Å². The fourth-order valence-electron chi connectivity index (χ4n) is 1.82. The number of aromatic nitrogens is 2. The van der Waals surface area contributed by atoms with Gasteiger partial charge in [0.05, 0.1) is 5.56 Å². The number of nitrogens with zero attached hydrogens (tertiary/aromatic N) is 2. The van der Waals surface area contributed by atoms with E-state index in [1.807, 2.05) is 6.07 Å². The van der Waals surface area contributed by atoms with E-state index in [2.05, 4.69) is 42.0 Å². The summed E-state index contributed by atoms with van der Waals surface area (Å²) in [6.07, 6.45) is 0. The molecule has 0 aliphatic carbocycles. The lowest BCUT2D eigenvalue weighted by atomic mass is 10.2. The van der Waals surface area contributed by atoms with Crippen LogP contribution in [-0.2, 0) is 0 Å². The fraction of sp³-hybridized carbons (Fsp3) is 0. The van der Waals surface area contributed by atoms with Gasteiger partial charge in [-0.15, -0.1) is 0 Å². The Morgan fingerprint density at radius 1 is 1.05 bits per heavy atom. The van der Waals surface area contributed by atoms with Crippen molar-refractivity contribution in [1.82, 2.24) is 10.1 Å². The van der Waals surface area contributed by atoms with E-state index in [1.54, 1.807) is 18.2 Å². The van der Waals surface area contributed by atoms with Gasteiger partial charge in [0, 0.05) is 20.2 Å². The van der Waals surface area contributed by atoms with Crippen molar-refractivity contribution in [2.45, 2.75) is 0 Å². The van der Waals surface area contributed by atoms with E-state index in [9.17, 15) is 4.39 Å². The molecule has 21 heavy (non-hydrogen) atoms. The van der Waals surface area contributed by atoms with Crippen molar-refractivity contribution < 1.29 is 8.91 Å². The molecular weight excluding hydrogens is 405 g/mol. The standard InChI is InChI=1S/C14H8Br2FN3O/c15-7-1-4-12(18)10(5-7)14-19-13(20-21-14)9-6-8(17)2-3-11(9)16/h1-6H,18H2. The molecule has 3 aromatic rings. The number of nitrogens with two attached hydrogens (primary N) is 1. The van der Waals surface area contributed by atoms with E-state index in [0.717, 1.165) is 4.47 Å². The quantitative estimate of drug-likeness (QED) is 0.622. The maximum atomic E-state index is 13.3. The van der Waals surface area contributed by atoms with Gasteiger partial charge in [-0.3, -0.25) is 0 Å².